The van der Waals surface area contributed by atoms with Crippen molar-refractivity contribution in [2.45, 2.75) is 353 Å². The molecule has 2 atom stereocenters. The molecular weight excluding hydrogens is 875 g/mol. The van der Waals surface area contributed by atoms with Crippen LogP contribution in [-0.4, -0.2) is 47.4 Å². The molecule has 2 unspecified atom stereocenters. The molecule has 0 aliphatic rings. The number of carbonyl (C=O) groups is 2. The van der Waals surface area contributed by atoms with Gasteiger partial charge in [0.25, 0.3) is 0 Å². The average molecular weight is 999 g/mol. The van der Waals surface area contributed by atoms with E-state index in [1.165, 1.54) is 263 Å². The van der Waals surface area contributed by atoms with Crippen LogP contribution < -0.4 is 5.32 Å². The molecule has 0 fully saturated rings. The Kier molecular flexibility index (Phi) is 59.0. The van der Waals surface area contributed by atoms with Gasteiger partial charge in [-0.25, -0.2) is 0 Å². The molecule has 0 aromatic rings. The number of amides is 1. The third-order valence-electron chi connectivity index (χ3n) is 14.7. The van der Waals surface area contributed by atoms with E-state index in [4.69, 9.17) is 4.74 Å². The minimum absolute atomic E-state index is 0.00121. The molecule has 418 valence electrons. The lowest BCUT2D eigenvalue weighted by molar-refractivity contribution is -0.143. The predicted molar refractivity (Wildman–Crippen MR) is 310 cm³/mol. The summed E-state index contributed by atoms with van der Waals surface area (Å²) in [5.41, 5.74) is 0. The Morgan fingerprint density at radius 2 is 0.704 bits per heavy atom. The monoisotopic (exact) mass is 998 g/mol. The number of nitrogens with one attached hydrogen (secondary N) is 1. The average Bonchev–Trinajstić information content (AvgIpc) is 3.37. The lowest BCUT2D eigenvalue weighted by Gasteiger charge is -2.20. The van der Waals surface area contributed by atoms with E-state index in [0.717, 1.165) is 51.4 Å². The number of carbonyl (C=O) groups excluding carboxylic acids is 2. The van der Waals surface area contributed by atoms with Crippen LogP contribution in [-0.2, 0) is 14.3 Å². The second kappa shape index (κ2) is 60.6. The van der Waals surface area contributed by atoms with Gasteiger partial charge in [0.05, 0.1) is 25.4 Å². The smallest absolute Gasteiger partial charge is 0.305 e. The molecule has 6 heteroatoms. The van der Waals surface area contributed by atoms with Crippen molar-refractivity contribution < 1.29 is 24.5 Å². The van der Waals surface area contributed by atoms with E-state index in [0.29, 0.717) is 19.4 Å². The normalized spacial score (nSPS) is 12.8. The van der Waals surface area contributed by atoms with Crippen molar-refractivity contribution in [3.63, 3.8) is 0 Å². The number of esters is 1. The summed E-state index contributed by atoms with van der Waals surface area (Å²) < 4.78 is 5.49. The molecule has 6 nitrogen and oxygen atoms in total. The van der Waals surface area contributed by atoms with E-state index < -0.39 is 12.1 Å². The minimum Gasteiger partial charge on any atom is -0.466 e. The van der Waals surface area contributed by atoms with Gasteiger partial charge in [0.1, 0.15) is 0 Å². The molecule has 0 saturated heterocycles. The first-order valence-electron chi connectivity index (χ1n) is 31.8. The summed E-state index contributed by atoms with van der Waals surface area (Å²) in [5.74, 6) is -0.0737. The van der Waals surface area contributed by atoms with Crippen LogP contribution in [0.15, 0.2) is 36.5 Å². The molecule has 0 bridgehead atoms. The maximum absolute atomic E-state index is 12.5. The van der Waals surface area contributed by atoms with E-state index in [9.17, 15) is 19.8 Å². The Morgan fingerprint density at radius 1 is 0.394 bits per heavy atom. The summed E-state index contributed by atoms with van der Waals surface area (Å²) in [6.45, 7) is 4.89. The van der Waals surface area contributed by atoms with Crippen LogP contribution in [0.3, 0.4) is 0 Å². The highest BCUT2D eigenvalue weighted by Crippen LogP contribution is 2.17. The molecule has 0 spiro atoms. The molecule has 0 aliphatic heterocycles. The van der Waals surface area contributed by atoms with Crippen LogP contribution in [0.1, 0.15) is 341 Å². The Hall–Kier alpha value is -1.92. The molecule has 0 saturated carbocycles. The third-order valence-corrected chi connectivity index (χ3v) is 14.7. The summed E-state index contributed by atoms with van der Waals surface area (Å²) in [7, 11) is 0. The van der Waals surface area contributed by atoms with E-state index in [2.05, 4.69) is 43.5 Å². The van der Waals surface area contributed by atoms with Crippen LogP contribution in [0.2, 0.25) is 0 Å². The number of ether oxygens (including phenoxy) is 1. The molecule has 0 heterocycles. The van der Waals surface area contributed by atoms with Crippen molar-refractivity contribution in [1.82, 2.24) is 5.32 Å². The predicted octanol–water partition coefficient (Wildman–Crippen LogP) is 20.0. The number of hydrogen-bond acceptors (Lipinski definition) is 5. The summed E-state index contributed by atoms with van der Waals surface area (Å²) in [6.07, 6.45) is 76.0. The lowest BCUT2D eigenvalue weighted by Crippen LogP contribution is -2.45. The highest BCUT2D eigenvalue weighted by atomic mass is 16.5. The maximum atomic E-state index is 12.5. The van der Waals surface area contributed by atoms with Gasteiger partial charge in [-0.2, -0.15) is 0 Å². The molecule has 71 heavy (non-hydrogen) atoms. The lowest BCUT2D eigenvalue weighted by atomic mass is 10.0. The van der Waals surface area contributed by atoms with Crippen LogP contribution >= 0.6 is 0 Å². The fraction of sp³-hybridized carbons (Fsp3) is 0.877. The molecular formula is C65H123NO5. The topological polar surface area (TPSA) is 95.9 Å². The van der Waals surface area contributed by atoms with E-state index in [1.807, 2.05) is 6.08 Å². The highest BCUT2D eigenvalue weighted by Gasteiger charge is 2.18. The number of rotatable bonds is 59. The second-order valence-electron chi connectivity index (χ2n) is 21.7. The first kappa shape index (κ1) is 69.1. The first-order chi connectivity index (χ1) is 35.0. The summed E-state index contributed by atoms with van der Waals surface area (Å²) in [5, 5.41) is 23.2. The van der Waals surface area contributed by atoms with Crippen molar-refractivity contribution in [3.8, 4) is 0 Å². The molecule has 1 amide bonds. The number of allylic oxidation sites excluding steroid dienone is 5. The van der Waals surface area contributed by atoms with Gasteiger partial charge in [0.2, 0.25) is 5.91 Å². The Balaban J connectivity index is 3.44. The first-order valence-corrected chi connectivity index (χ1v) is 31.8. The van der Waals surface area contributed by atoms with E-state index in [-0.39, 0.29) is 18.5 Å². The van der Waals surface area contributed by atoms with Gasteiger partial charge in [-0.15, -0.1) is 0 Å². The number of aliphatic hydroxyl groups excluding tert-OH is 2. The van der Waals surface area contributed by atoms with Crippen molar-refractivity contribution >= 4 is 11.9 Å². The summed E-state index contributed by atoms with van der Waals surface area (Å²) in [6, 6.07) is -0.634. The van der Waals surface area contributed by atoms with Crippen molar-refractivity contribution in [2.24, 2.45) is 0 Å². The fourth-order valence-electron chi connectivity index (χ4n) is 9.78. The van der Waals surface area contributed by atoms with Gasteiger partial charge in [0, 0.05) is 12.8 Å². The van der Waals surface area contributed by atoms with Gasteiger partial charge in [-0.1, -0.05) is 301 Å². The standard InChI is InChI=1S/C65H123NO5/c1-3-5-7-9-11-13-15-17-19-21-23-25-29-33-37-41-45-49-53-57-63(68)62(61-67)66-64(69)58-54-50-46-42-38-34-30-27-28-32-36-40-44-48-52-56-60-71-65(70)59-55-51-47-43-39-35-31-26-24-22-20-18-16-14-12-10-8-6-4-2/h12,14,18,20,53,57,62-63,67-68H,3-11,13,15-17,19,21-52,54-56,58-61H2,1-2H3,(H,66,69)/b14-12-,20-18-,57-53+. The molecule has 0 aromatic heterocycles. The van der Waals surface area contributed by atoms with Crippen molar-refractivity contribution in [2.75, 3.05) is 13.2 Å². The number of hydrogen-bond donors (Lipinski definition) is 3. The molecule has 0 rings (SSSR count). The Labute approximate surface area is 443 Å². The minimum atomic E-state index is -0.850. The van der Waals surface area contributed by atoms with Crippen LogP contribution in [0, 0.1) is 0 Å². The zero-order valence-corrected chi connectivity index (χ0v) is 47.7. The molecule has 0 radical (unpaired) electrons. The van der Waals surface area contributed by atoms with E-state index in [1.54, 1.807) is 6.08 Å². The van der Waals surface area contributed by atoms with Crippen LogP contribution in [0.4, 0.5) is 0 Å². The number of aliphatic hydroxyl groups is 2. The summed E-state index contributed by atoms with van der Waals surface area (Å²) in [4.78, 5) is 24.6. The number of unbranched alkanes of at least 4 members (excludes halogenated alkanes) is 44. The van der Waals surface area contributed by atoms with Crippen LogP contribution in [0.25, 0.3) is 0 Å². The largest absolute Gasteiger partial charge is 0.466 e. The molecule has 0 aromatic carbocycles. The fourth-order valence-corrected chi connectivity index (χ4v) is 9.78. The zero-order valence-electron chi connectivity index (χ0n) is 47.7. The second-order valence-corrected chi connectivity index (χ2v) is 21.7. The zero-order chi connectivity index (χ0) is 51.4. The quantitative estimate of drug-likeness (QED) is 0.0321. The van der Waals surface area contributed by atoms with Gasteiger partial charge in [-0.3, -0.25) is 9.59 Å². The summed E-state index contributed by atoms with van der Waals surface area (Å²) >= 11 is 0. The highest BCUT2D eigenvalue weighted by molar-refractivity contribution is 5.76. The van der Waals surface area contributed by atoms with Crippen molar-refractivity contribution in [3.05, 3.63) is 36.5 Å². The maximum Gasteiger partial charge on any atom is 0.305 e. The van der Waals surface area contributed by atoms with Gasteiger partial charge in [0.15, 0.2) is 0 Å². The SMILES string of the molecule is CCCCC/C=C\C/C=C\CCCCCCCCCCCC(=O)OCCCCCCCCCCCCCCCCCCC(=O)NC(CO)C(O)/C=C/CCCCCCCCCCCCCCCCCCC. The third kappa shape index (κ3) is 57.2. The van der Waals surface area contributed by atoms with E-state index >= 15 is 0 Å². The van der Waals surface area contributed by atoms with Gasteiger partial charge >= 0.3 is 5.97 Å². The van der Waals surface area contributed by atoms with Gasteiger partial charge < -0.3 is 20.3 Å². The van der Waals surface area contributed by atoms with Crippen LogP contribution in [0.5, 0.6) is 0 Å². The Bertz CT molecular complexity index is 1150. The Morgan fingerprint density at radius 3 is 1.10 bits per heavy atom. The van der Waals surface area contributed by atoms with Crippen molar-refractivity contribution in [1.29, 1.82) is 0 Å². The molecule has 3 N–H and O–H groups in total. The molecule has 0 aliphatic carbocycles. The van der Waals surface area contributed by atoms with Gasteiger partial charge in [-0.05, 0) is 64.2 Å².